The molecule has 0 saturated heterocycles. The molecule has 0 amide bonds. The van der Waals surface area contributed by atoms with Gasteiger partial charge in [0, 0.05) is 22.9 Å². The van der Waals surface area contributed by atoms with E-state index in [0.29, 0.717) is 17.5 Å². The van der Waals surface area contributed by atoms with Crippen molar-refractivity contribution >= 4 is 28.2 Å². The van der Waals surface area contributed by atoms with Gasteiger partial charge in [0.05, 0.1) is 7.11 Å². The first-order chi connectivity index (χ1) is 10.3. The summed E-state index contributed by atoms with van der Waals surface area (Å²) in [5, 5.41) is 13.7. The summed E-state index contributed by atoms with van der Waals surface area (Å²) < 4.78 is 5.34. The van der Waals surface area contributed by atoms with Crippen LogP contribution in [-0.4, -0.2) is 17.3 Å². The monoisotopic (exact) mass is 299 g/mol. The highest BCUT2D eigenvalue weighted by atomic mass is 35.5. The van der Waals surface area contributed by atoms with Gasteiger partial charge >= 0.3 is 0 Å². The van der Waals surface area contributed by atoms with Crippen LogP contribution in [0.4, 0.5) is 5.82 Å². The number of nitrogens with one attached hydrogen (secondary N) is 1. The Balaban J connectivity index is 1.91. The van der Waals surface area contributed by atoms with Gasteiger partial charge in [0.2, 0.25) is 0 Å². The molecule has 0 spiro atoms. The Bertz CT molecular complexity index is 776. The Morgan fingerprint density at radius 2 is 1.71 bits per heavy atom. The Hall–Kier alpha value is -2.33. The van der Waals surface area contributed by atoms with Crippen LogP contribution in [0.25, 0.3) is 10.8 Å². The molecule has 0 bridgehead atoms. The smallest absolute Gasteiger partial charge is 0.159 e. The molecule has 1 heterocycles. The number of hydrogen-bond donors (Lipinski definition) is 1. The molecule has 3 aromatic rings. The molecule has 2 aromatic carbocycles. The van der Waals surface area contributed by atoms with Crippen molar-refractivity contribution in [2.45, 2.75) is 6.54 Å². The third kappa shape index (κ3) is 2.76. The Morgan fingerprint density at radius 3 is 2.52 bits per heavy atom. The van der Waals surface area contributed by atoms with Gasteiger partial charge in [-0.05, 0) is 6.07 Å². The van der Waals surface area contributed by atoms with Crippen molar-refractivity contribution in [3.05, 3.63) is 59.2 Å². The molecule has 21 heavy (non-hydrogen) atoms. The summed E-state index contributed by atoms with van der Waals surface area (Å²) in [7, 11) is 1.66. The van der Waals surface area contributed by atoms with Gasteiger partial charge in [0.15, 0.2) is 11.0 Å². The van der Waals surface area contributed by atoms with E-state index in [1.807, 2.05) is 48.5 Å². The maximum atomic E-state index is 6.07. The van der Waals surface area contributed by atoms with Crippen molar-refractivity contribution in [3.8, 4) is 5.75 Å². The summed E-state index contributed by atoms with van der Waals surface area (Å²) in [6.45, 7) is 0.602. The lowest BCUT2D eigenvalue weighted by atomic mass is 10.1. The molecule has 0 atom stereocenters. The first-order valence-electron chi connectivity index (χ1n) is 6.56. The average molecular weight is 300 g/mol. The van der Waals surface area contributed by atoms with Crippen LogP contribution in [0, 0.1) is 0 Å². The minimum atomic E-state index is 0.411. The van der Waals surface area contributed by atoms with E-state index < -0.39 is 0 Å². The second-order valence-electron chi connectivity index (χ2n) is 4.55. The topological polar surface area (TPSA) is 47.0 Å². The van der Waals surface area contributed by atoms with E-state index in [-0.39, 0.29) is 0 Å². The molecule has 4 nitrogen and oxygen atoms in total. The molecule has 3 rings (SSSR count). The van der Waals surface area contributed by atoms with E-state index in [1.165, 1.54) is 0 Å². The number of para-hydroxylation sites is 1. The summed E-state index contributed by atoms with van der Waals surface area (Å²) in [5.74, 6) is 1.55. The zero-order chi connectivity index (χ0) is 14.7. The molecule has 1 N–H and O–H groups in total. The Kier molecular flexibility index (Phi) is 3.88. The molecule has 0 radical (unpaired) electrons. The molecule has 0 unspecified atom stereocenters. The van der Waals surface area contributed by atoms with Crippen molar-refractivity contribution in [2.75, 3.05) is 12.4 Å². The van der Waals surface area contributed by atoms with Crippen LogP contribution >= 0.6 is 11.6 Å². The maximum Gasteiger partial charge on any atom is 0.159 e. The molecule has 0 aliphatic heterocycles. The fourth-order valence-electron chi connectivity index (χ4n) is 2.23. The van der Waals surface area contributed by atoms with Crippen LogP contribution < -0.4 is 10.1 Å². The first-order valence-corrected chi connectivity index (χ1v) is 6.94. The third-order valence-corrected chi connectivity index (χ3v) is 3.56. The second-order valence-corrected chi connectivity index (χ2v) is 4.91. The third-order valence-electron chi connectivity index (χ3n) is 3.28. The van der Waals surface area contributed by atoms with E-state index in [1.54, 1.807) is 7.11 Å². The van der Waals surface area contributed by atoms with Crippen LogP contribution in [0.15, 0.2) is 48.5 Å². The van der Waals surface area contributed by atoms with Gasteiger partial charge in [0.1, 0.15) is 5.75 Å². The number of anilines is 1. The number of ether oxygens (including phenoxy) is 1. The van der Waals surface area contributed by atoms with E-state index >= 15 is 0 Å². The van der Waals surface area contributed by atoms with E-state index in [0.717, 1.165) is 22.1 Å². The molecule has 0 aliphatic carbocycles. The standard InChI is InChI=1S/C16H14ClN3O/c1-21-14-9-5-2-6-11(14)10-18-16-13-8-4-3-7-12(13)15(17)19-20-16/h2-9H,10H2,1H3,(H,18,20). The van der Waals surface area contributed by atoms with Crippen LogP contribution in [-0.2, 0) is 6.54 Å². The number of aromatic nitrogens is 2. The summed E-state index contributed by atoms with van der Waals surface area (Å²) in [5.41, 5.74) is 1.06. The van der Waals surface area contributed by atoms with Gasteiger partial charge in [-0.2, -0.15) is 0 Å². The molecular formula is C16H14ClN3O. The van der Waals surface area contributed by atoms with Crippen LogP contribution in [0.1, 0.15) is 5.56 Å². The van der Waals surface area contributed by atoms with Gasteiger partial charge < -0.3 is 10.1 Å². The predicted octanol–water partition coefficient (Wildman–Crippen LogP) is 3.90. The number of hydrogen-bond acceptors (Lipinski definition) is 4. The fourth-order valence-corrected chi connectivity index (χ4v) is 2.43. The fraction of sp³-hybridized carbons (Fsp3) is 0.125. The van der Waals surface area contributed by atoms with Crippen molar-refractivity contribution in [1.29, 1.82) is 0 Å². The number of halogens is 1. The van der Waals surface area contributed by atoms with Crippen molar-refractivity contribution in [2.24, 2.45) is 0 Å². The van der Waals surface area contributed by atoms with E-state index in [2.05, 4.69) is 15.5 Å². The highest BCUT2D eigenvalue weighted by Gasteiger charge is 2.08. The molecule has 5 heteroatoms. The molecular weight excluding hydrogens is 286 g/mol. The van der Waals surface area contributed by atoms with Gasteiger partial charge in [-0.15, -0.1) is 10.2 Å². The van der Waals surface area contributed by atoms with Crippen LogP contribution in [0.2, 0.25) is 5.15 Å². The quantitative estimate of drug-likeness (QED) is 0.793. The summed E-state index contributed by atoms with van der Waals surface area (Å²) in [6, 6.07) is 15.7. The highest BCUT2D eigenvalue weighted by molar-refractivity contribution is 6.34. The maximum absolute atomic E-state index is 6.07. The molecule has 0 saturated carbocycles. The number of benzene rings is 2. The summed E-state index contributed by atoms with van der Waals surface area (Å²) >= 11 is 6.07. The second kappa shape index (κ2) is 5.97. The van der Waals surface area contributed by atoms with E-state index in [9.17, 15) is 0 Å². The summed E-state index contributed by atoms with van der Waals surface area (Å²) in [6.07, 6.45) is 0. The Labute approximate surface area is 127 Å². The number of rotatable bonds is 4. The minimum absolute atomic E-state index is 0.411. The molecule has 0 aliphatic rings. The zero-order valence-corrected chi connectivity index (χ0v) is 12.3. The van der Waals surface area contributed by atoms with Crippen molar-refractivity contribution in [3.63, 3.8) is 0 Å². The zero-order valence-electron chi connectivity index (χ0n) is 11.5. The van der Waals surface area contributed by atoms with Crippen LogP contribution in [0.5, 0.6) is 5.75 Å². The van der Waals surface area contributed by atoms with Crippen LogP contribution in [0.3, 0.4) is 0 Å². The van der Waals surface area contributed by atoms with Gasteiger partial charge in [-0.25, -0.2) is 0 Å². The lowest BCUT2D eigenvalue weighted by molar-refractivity contribution is 0.410. The number of methoxy groups -OCH3 is 1. The highest BCUT2D eigenvalue weighted by Crippen LogP contribution is 2.26. The first kappa shape index (κ1) is 13.6. The van der Waals surface area contributed by atoms with E-state index in [4.69, 9.17) is 16.3 Å². The SMILES string of the molecule is COc1ccccc1CNc1nnc(Cl)c2ccccc12. The molecule has 1 aromatic heterocycles. The van der Waals surface area contributed by atoms with Gasteiger partial charge in [-0.1, -0.05) is 54.1 Å². The predicted molar refractivity (Wildman–Crippen MR) is 84.9 cm³/mol. The lowest BCUT2D eigenvalue weighted by Gasteiger charge is -2.11. The molecule has 106 valence electrons. The lowest BCUT2D eigenvalue weighted by Crippen LogP contribution is -2.04. The van der Waals surface area contributed by atoms with Gasteiger partial charge in [-0.3, -0.25) is 0 Å². The summed E-state index contributed by atoms with van der Waals surface area (Å²) in [4.78, 5) is 0. The number of nitrogens with zero attached hydrogens (tertiary/aromatic N) is 2. The molecule has 0 fully saturated rings. The average Bonchev–Trinajstić information content (AvgIpc) is 2.55. The Morgan fingerprint density at radius 1 is 1.00 bits per heavy atom. The normalized spacial score (nSPS) is 10.6. The van der Waals surface area contributed by atoms with Crippen molar-refractivity contribution in [1.82, 2.24) is 10.2 Å². The van der Waals surface area contributed by atoms with Gasteiger partial charge in [0.25, 0.3) is 0 Å². The largest absolute Gasteiger partial charge is 0.496 e. The minimum Gasteiger partial charge on any atom is -0.496 e. The van der Waals surface area contributed by atoms with Crippen molar-refractivity contribution < 1.29 is 4.74 Å². The number of fused-ring (bicyclic) bond motifs is 1.